The molecule has 0 radical (unpaired) electrons. The van der Waals surface area contributed by atoms with Crippen LogP contribution in [-0.4, -0.2) is 16.3 Å². The van der Waals surface area contributed by atoms with E-state index in [0.717, 1.165) is 5.82 Å². The normalized spacial score (nSPS) is 12.4. The van der Waals surface area contributed by atoms with Crippen LogP contribution in [0.1, 0.15) is 41.5 Å². The van der Waals surface area contributed by atoms with Crippen molar-refractivity contribution >= 4 is 11.9 Å². The van der Waals surface area contributed by atoms with Gasteiger partial charge in [-0.25, -0.2) is 4.79 Å². The van der Waals surface area contributed by atoms with Crippen molar-refractivity contribution in [2.75, 3.05) is 5.32 Å². The lowest BCUT2D eigenvalue weighted by atomic mass is 10.1. The summed E-state index contributed by atoms with van der Waals surface area (Å²) in [6.45, 7) is 11.8. The van der Waals surface area contributed by atoms with E-state index < -0.39 is 11.7 Å². The van der Waals surface area contributed by atoms with E-state index >= 15 is 0 Å². The first-order valence-electron chi connectivity index (χ1n) is 5.77. The van der Waals surface area contributed by atoms with Gasteiger partial charge in [0.1, 0.15) is 11.4 Å². The highest BCUT2D eigenvalue weighted by molar-refractivity contribution is 5.83. The van der Waals surface area contributed by atoms with Crippen LogP contribution < -0.4 is 5.32 Å². The molecule has 0 atom stereocenters. The Kier molecular flexibility index (Phi) is 3.55. The van der Waals surface area contributed by atoms with Gasteiger partial charge in [0.25, 0.3) is 0 Å². The Hall–Kier alpha value is -1.45. The van der Waals surface area contributed by atoms with Crippen LogP contribution in [0.15, 0.2) is 18.3 Å². The molecule has 1 N–H and O–H groups in total. The SMILES string of the molecule is CC(C)(C)OC(=O)Nc1cccn1C(C)(C)C. The fourth-order valence-electron chi connectivity index (χ4n) is 1.48. The Morgan fingerprint density at radius 2 is 1.82 bits per heavy atom. The maximum Gasteiger partial charge on any atom is 0.413 e. The van der Waals surface area contributed by atoms with Gasteiger partial charge in [0.2, 0.25) is 0 Å². The fourth-order valence-corrected chi connectivity index (χ4v) is 1.48. The molecule has 0 bridgehead atoms. The Labute approximate surface area is 103 Å². The van der Waals surface area contributed by atoms with E-state index in [-0.39, 0.29) is 5.54 Å². The first-order chi connectivity index (χ1) is 7.59. The molecule has 17 heavy (non-hydrogen) atoms. The van der Waals surface area contributed by atoms with Crippen LogP contribution in [0.4, 0.5) is 10.6 Å². The maximum absolute atomic E-state index is 11.7. The molecule has 96 valence electrons. The van der Waals surface area contributed by atoms with E-state index in [2.05, 4.69) is 26.1 Å². The minimum atomic E-state index is -0.483. The number of carbonyl (C=O) groups excluding carboxylic acids is 1. The average Bonchev–Trinajstić information content (AvgIpc) is 2.46. The third-order valence-corrected chi connectivity index (χ3v) is 2.10. The van der Waals surface area contributed by atoms with Crippen molar-refractivity contribution in [2.45, 2.75) is 52.7 Å². The highest BCUT2D eigenvalue weighted by atomic mass is 16.6. The Morgan fingerprint density at radius 3 is 2.29 bits per heavy atom. The zero-order chi connectivity index (χ0) is 13.3. The van der Waals surface area contributed by atoms with Gasteiger partial charge in [-0.3, -0.25) is 5.32 Å². The van der Waals surface area contributed by atoms with Gasteiger partial charge >= 0.3 is 6.09 Å². The van der Waals surface area contributed by atoms with Crippen molar-refractivity contribution in [3.8, 4) is 0 Å². The summed E-state index contributed by atoms with van der Waals surface area (Å²) in [6.07, 6.45) is 1.51. The number of hydrogen-bond acceptors (Lipinski definition) is 2. The van der Waals surface area contributed by atoms with Crippen LogP contribution in [0, 0.1) is 0 Å². The van der Waals surface area contributed by atoms with E-state index in [1.54, 1.807) is 0 Å². The minimum Gasteiger partial charge on any atom is -0.444 e. The third-order valence-electron chi connectivity index (χ3n) is 2.10. The first kappa shape index (κ1) is 13.6. The molecule has 1 amide bonds. The van der Waals surface area contributed by atoms with Crippen molar-refractivity contribution in [1.82, 2.24) is 4.57 Å². The number of nitrogens with zero attached hydrogens (tertiary/aromatic N) is 1. The number of hydrogen-bond donors (Lipinski definition) is 1. The van der Waals surface area contributed by atoms with Gasteiger partial charge in [-0.05, 0) is 53.7 Å². The molecule has 0 saturated heterocycles. The van der Waals surface area contributed by atoms with Crippen molar-refractivity contribution in [3.05, 3.63) is 18.3 Å². The summed E-state index contributed by atoms with van der Waals surface area (Å²) in [5.74, 6) is 0.742. The molecular weight excluding hydrogens is 216 g/mol. The summed E-state index contributed by atoms with van der Waals surface area (Å²) >= 11 is 0. The topological polar surface area (TPSA) is 43.3 Å². The molecule has 0 saturated carbocycles. The molecule has 1 aromatic rings. The Morgan fingerprint density at radius 1 is 1.24 bits per heavy atom. The fraction of sp³-hybridized carbons (Fsp3) is 0.615. The highest BCUT2D eigenvalue weighted by Gasteiger charge is 2.20. The third kappa shape index (κ3) is 4.13. The minimum absolute atomic E-state index is 0.0755. The Balaban J connectivity index is 2.77. The summed E-state index contributed by atoms with van der Waals surface area (Å²) < 4.78 is 7.21. The van der Waals surface area contributed by atoms with E-state index in [9.17, 15) is 4.79 Å². The zero-order valence-corrected chi connectivity index (χ0v) is 11.5. The summed E-state index contributed by atoms with van der Waals surface area (Å²) in [5.41, 5.74) is -0.558. The maximum atomic E-state index is 11.7. The molecule has 0 aliphatic carbocycles. The molecule has 0 aromatic carbocycles. The summed E-state index contributed by atoms with van der Waals surface area (Å²) in [4.78, 5) is 11.7. The molecule has 1 heterocycles. The summed E-state index contributed by atoms with van der Waals surface area (Å²) in [5, 5.41) is 2.76. The van der Waals surface area contributed by atoms with Gasteiger partial charge in [-0.1, -0.05) is 0 Å². The van der Waals surface area contributed by atoms with Crippen LogP contribution in [0.3, 0.4) is 0 Å². The molecule has 0 aliphatic rings. The van der Waals surface area contributed by atoms with Crippen LogP contribution in [0.5, 0.6) is 0 Å². The lowest BCUT2D eigenvalue weighted by Crippen LogP contribution is -2.30. The van der Waals surface area contributed by atoms with E-state index in [1.165, 1.54) is 0 Å². The zero-order valence-electron chi connectivity index (χ0n) is 11.5. The second-order valence-corrected chi connectivity index (χ2v) is 6.06. The van der Waals surface area contributed by atoms with Crippen molar-refractivity contribution in [1.29, 1.82) is 0 Å². The lowest BCUT2D eigenvalue weighted by molar-refractivity contribution is 0.0634. The quantitative estimate of drug-likeness (QED) is 0.812. The monoisotopic (exact) mass is 238 g/mol. The van der Waals surface area contributed by atoms with Crippen LogP contribution in [0.2, 0.25) is 0 Å². The van der Waals surface area contributed by atoms with Gasteiger partial charge in [-0.2, -0.15) is 0 Å². The van der Waals surface area contributed by atoms with E-state index in [4.69, 9.17) is 4.74 Å². The van der Waals surface area contributed by atoms with Crippen LogP contribution in [-0.2, 0) is 10.3 Å². The number of rotatable bonds is 1. The summed E-state index contributed by atoms with van der Waals surface area (Å²) in [6, 6.07) is 3.76. The van der Waals surface area contributed by atoms with Crippen LogP contribution >= 0.6 is 0 Å². The highest BCUT2D eigenvalue weighted by Crippen LogP contribution is 2.21. The standard InChI is InChI=1S/C13H22N2O2/c1-12(2,3)15-9-7-8-10(15)14-11(16)17-13(4,5)6/h7-9H,1-6H3,(H,14,16). The summed E-state index contributed by atoms with van der Waals surface area (Å²) in [7, 11) is 0. The van der Waals surface area contributed by atoms with Crippen LogP contribution in [0.25, 0.3) is 0 Å². The lowest BCUT2D eigenvalue weighted by Gasteiger charge is -2.25. The first-order valence-corrected chi connectivity index (χ1v) is 5.77. The van der Waals surface area contributed by atoms with Crippen molar-refractivity contribution in [3.63, 3.8) is 0 Å². The molecule has 1 rings (SSSR count). The molecule has 0 unspecified atom stereocenters. The second-order valence-electron chi connectivity index (χ2n) is 6.06. The average molecular weight is 238 g/mol. The molecular formula is C13H22N2O2. The predicted octanol–water partition coefficient (Wildman–Crippen LogP) is 3.59. The number of amides is 1. The van der Waals surface area contributed by atoms with E-state index in [0.29, 0.717) is 0 Å². The number of carbonyl (C=O) groups is 1. The molecule has 4 nitrogen and oxygen atoms in total. The largest absolute Gasteiger partial charge is 0.444 e. The van der Waals surface area contributed by atoms with Gasteiger partial charge in [0.15, 0.2) is 0 Å². The van der Waals surface area contributed by atoms with Gasteiger partial charge in [0, 0.05) is 11.7 Å². The van der Waals surface area contributed by atoms with Crippen molar-refractivity contribution < 1.29 is 9.53 Å². The molecule has 0 aliphatic heterocycles. The molecule has 4 heteroatoms. The number of nitrogens with one attached hydrogen (secondary N) is 1. The predicted molar refractivity (Wildman–Crippen MR) is 69.3 cm³/mol. The number of aromatic nitrogens is 1. The van der Waals surface area contributed by atoms with Gasteiger partial charge in [-0.15, -0.1) is 0 Å². The van der Waals surface area contributed by atoms with Crippen molar-refractivity contribution in [2.24, 2.45) is 0 Å². The van der Waals surface area contributed by atoms with E-state index in [1.807, 2.05) is 43.7 Å². The van der Waals surface area contributed by atoms with Gasteiger partial charge in [0.05, 0.1) is 0 Å². The van der Waals surface area contributed by atoms with Gasteiger partial charge < -0.3 is 9.30 Å². The smallest absolute Gasteiger partial charge is 0.413 e. The Bertz CT molecular complexity index is 394. The second kappa shape index (κ2) is 4.43. The number of ether oxygens (including phenoxy) is 1. The molecule has 0 spiro atoms. The molecule has 0 fully saturated rings. The molecule has 1 aromatic heterocycles. The number of anilines is 1.